The van der Waals surface area contributed by atoms with Crippen molar-refractivity contribution in [1.82, 2.24) is 4.90 Å². The van der Waals surface area contributed by atoms with E-state index < -0.39 is 27.6 Å². The molecule has 1 saturated heterocycles. The highest BCUT2D eigenvalue weighted by Crippen LogP contribution is 2.24. The number of nitrogens with zero attached hydrogens (tertiary/aromatic N) is 1. The topological polar surface area (TPSA) is 105 Å². The Labute approximate surface area is 151 Å². The second-order valence-corrected chi connectivity index (χ2v) is 8.27. The number of furan rings is 1. The van der Waals surface area contributed by atoms with E-state index in [1.807, 2.05) is 0 Å². The van der Waals surface area contributed by atoms with E-state index in [0.717, 1.165) is 0 Å². The quantitative estimate of drug-likeness (QED) is 0.856. The molecule has 1 fully saturated rings. The maximum absolute atomic E-state index is 12.7. The van der Waals surface area contributed by atoms with Gasteiger partial charge in [0, 0.05) is 18.7 Å². The number of rotatable bonds is 5. The van der Waals surface area contributed by atoms with E-state index in [4.69, 9.17) is 9.52 Å². The molecule has 0 spiro atoms. The number of carboxylic acids is 1. The van der Waals surface area contributed by atoms with E-state index in [9.17, 15) is 18.0 Å². The van der Waals surface area contributed by atoms with Crippen molar-refractivity contribution in [1.29, 1.82) is 0 Å². The van der Waals surface area contributed by atoms with Gasteiger partial charge in [-0.1, -0.05) is 18.2 Å². The molecule has 2 aromatic rings. The molecular formula is C18H19NO6S. The molecule has 0 unspecified atom stereocenters. The van der Waals surface area contributed by atoms with Crippen LogP contribution < -0.4 is 0 Å². The Balaban J connectivity index is 1.80. The zero-order valence-electron chi connectivity index (χ0n) is 14.0. The van der Waals surface area contributed by atoms with E-state index in [0.29, 0.717) is 19.4 Å². The summed E-state index contributed by atoms with van der Waals surface area (Å²) in [5, 5.41) is 9.16. The molecule has 1 N–H and O–H groups in total. The summed E-state index contributed by atoms with van der Waals surface area (Å²) in [5.74, 6) is -2.42. The minimum Gasteiger partial charge on any atom is -0.481 e. The highest BCUT2D eigenvalue weighted by molar-refractivity contribution is 7.90. The molecule has 1 aliphatic heterocycles. The number of carbonyl (C=O) groups excluding carboxylic acids is 1. The first-order valence-electron chi connectivity index (χ1n) is 8.25. The fourth-order valence-corrected chi connectivity index (χ4v) is 4.43. The Bertz CT molecular complexity index is 903. The van der Waals surface area contributed by atoms with Gasteiger partial charge in [0.25, 0.3) is 5.91 Å². The highest BCUT2D eigenvalue weighted by Gasteiger charge is 2.31. The Morgan fingerprint density at radius 1 is 1.19 bits per heavy atom. The van der Waals surface area contributed by atoms with Gasteiger partial charge in [-0.25, -0.2) is 8.42 Å². The predicted octanol–water partition coefficient (Wildman–Crippen LogP) is 2.19. The Kier molecular flexibility index (Phi) is 5.13. The largest absolute Gasteiger partial charge is 0.481 e. The summed E-state index contributed by atoms with van der Waals surface area (Å²) in [5.41, 5.74) is 0.274. The van der Waals surface area contributed by atoms with Gasteiger partial charge in [-0.05, 0) is 31.0 Å². The average molecular weight is 377 g/mol. The van der Waals surface area contributed by atoms with E-state index in [1.54, 1.807) is 18.2 Å². The first kappa shape index (κ1) is 18.2. The summed E-state index contributed by atoms with van der Waals surface area (Å²) in [6.45, 7) is 0.522. The van der Waals surface area contributed by atoms with E-state index in [-0.39, 0.29) is 28.5 Å². The summed E-state index contributed by atoms with van der Waals surface area (Å²) in [4.78, 5) is 25.5. The SMILES string of the molecule is O=C(O)[C@@H]1CCCN(C(=O)c2occc2CS(=O)(=O)c2ccccc2)C1. The second kappa shape index (κ2) is 7.33. The molecule has 3 rings (SSSR count). The molecule has 7 nitrogen and oxygen atoms in total. The number of aliphatic carboxylic acids is 1. The lowest BCUT2D eigenvalue weighted by Crippen LogP contribution is -2.42. The number of hydrogen-bond donors (Lipinski definition) is 1. The minimum atomic E-state index is -3.62. The van der Waals surface area contributed by atoms with Crippen molar-refractivity contribution in [3.05, 3.63) is 54.0 Å². The summed E-state index contributed by atoms with van der Waals surface area (Å²) in [6, 6.07) is 9.45. The van der Waals surface area contributed by atoms with Crippen LogP contribution in [0.5, 0.6) is 0 Å². The molecular weight excluding hydrogens is 358 g/mol. The molecule has 0 bridgehead atoms. The van der Waals surface area contributed by atoms with Gasteiger partial charge in [0.05, 0.1) is 22.8 Å². The van der Waals surface area contributed by atoms with Gasteiger partial charge in [-0.15, -0.1) is 0 Å². The monoisotopic (exact) mass is 377 g/mol. The fourth-order valence-electron chi connectivity index (χ4n) is 3.06. The summed E-state index contributed by atoms with van der Waals surface area (Å²) in [7, 11) is -3.62. The number of amides is 1. The van der Waals surface area contributed by atoms with Gasteiger partial charge in [0.15, 0.2) is 15.6 Å². The maximum Gasteiger partial charge on any atom is 0.308 e. The van der Waals surface area contributed by atoms with Crippen molar-refractivity contribution in [2.45, 2.75) is 23.5 Å². The number of sulfone groups is 1. The number of hydrogen-bond acceptors (Lipinski definition) is 5. The number of benzene rings is 1. The van der Waals surface area contributed by atoms with Gasteiger partial charge in [0.1, 0.15) is 0 Å². The number of carbonyl (C=O) groups is 2. The molecule has 2 heterocycles. The average Bonchev–Trinajstić information content (AvgIpc) is 3.09. The van der Waals surface area contributed by atoms with Crippen LogP contribution in [0.15, 0.2) is 52.0 Å². The molecule has 0 aliphatic carbocycles. The van der Waals surface area contributed by atoms with Crippen LogP contribution in [0.1, 0.15) is 29.0 Å². The van der Waals surface area contributed by atoms with Crippen LogP contribution in [0, 0.1) is 5.92 Å². The maximum atomic E-state index is 12.7. The third-order valence-electron chi connectivity index (χ3n) is 4.45. The summed E-state index contributed by atoms with van der Waals surface area (Å²) < 4.78 is 30.3. The van der Waals surface area contributed by atoms with Crippen molar-refractivity contribution in [3.63, 3.8) is 0 Å². The van der Waals surface area contributed by atoms with Crippen LogP contribution in [0.2, 0.25) is 0 Å². The van der Waals surface area contributed by atoms with Crippen LogP contribution in [-0.2, 0) is 20.4 Å². The summed E-state index contributed by atoms with van der Waals surface area (Å²) in [6.07, 6.45) is 2.38. The molecule has 8 heteroatoms. The van der Waals surface area contributed by atoms with Crippen LogP contribution in [0.25, 0.3) is 0 Å². The number of likely N-dealkylation sites (tertiary alicyclic amines) is 1. The number of carboxylic acid groups (broad SMARTS) is 1. The van der Waals surface area contributed by atoms with Crippen LogP contribution in [0.4, 0.5) is 0 Å². The first-order valence-corrected chi connectivity index (χ1v) is 9.90. The molecule has 0 radical (unpaired) electrons. The third-order valence-corrected chi connectivity index (χ3v) is 6.13. The van der Waals surface area contributed by atoms with Gasteiger partial charge in [-0.3, -0.25) is 9.59 Å². The molecule has 1 amide bonds. The zero-order valence-corrected chi connectivity index (χ0v) is 14.8. The number of piperidine rings is 1. The van der Waals surface area contributed by atoms with E-state index in [1.165, 1.54) is 29.4 Å². The third kappa shape index (κ3) is 3.80. The molecule has 1 aromatic heterocycles. The predicted molar refractivity (Wildman–Crippen MR) is 92.3 cm³/mol. The molecule has 26 heavy (non-hydrogen) atoms. The zero-order chi connectivity index (χ0) is 18.7. The molecule has 0 saturated carbocycles. The lowest BCUT2D eigenvalue weighted by molar-refractivity contribution is -0.143. The Hall–Kier alpha value is -2.61. The van der Waals surface area contributed by atoms with Crippen LogP contribution in [0.3, 0.4) is 0 Å². The van der Waals surface area contributed by atoms with Crippen LogP contribution in [-0.4, -0.2) is 43.4 Å². The molecule has 1 aliphatic rings. The van der Waals surface area contributed by atoms with Gasteiger partial charge in [0.2, 0.25) is 0 Å². The molecule has 138 valence electrons. The van der Waals surface area contributed by atoms with Crippen molar-refractivity contribution >= 4 is 21.7 Å². The normalized spacial score (nSPS) is 17.8. The van der Waals surface area contributed by atoms with Crippen molar-refractivity contribution in [3.8, 4) is 0 Å². The minimum absolute atomic E-state index is 0.0458. The van der Waals surface area contributed by atoms with E-state index >= 15 is 0 Å². The second-order valence-electron chi connectivity index (χ2n) is 6.28. The summed E-state index contributed by atoms with van der Waals surface area (Å²) >= 11 is 0. The molecule has 1 atom stereocenters. The van der Waals surface area contributed by atoms with Crippen molar-refractivity contribution in [2.24, 2.45) is 5.92 Å². The van der Waals surface area contributed by atoms with E-state index in [2.05, 4.69) is 0 Å². The first-order chi connectivity index (χ1) is 12.4. The lowest BCUT2D eigenvalue weighted by Gasteiger charge is -2.30. The highest BCUT2D eigenvalue weighted by atomic mass is 32.2. The van der Waals surface area contributed by atoms with Gasteiger partial charge in [-0.2, -0.15) is 0 Å². The standard InChI is InChI=1S/C18H19NO6S/c20-17(19-9-4-5-13(11-19)18(21)22)16-14(8-10-25-16)12-26(23,24)15-6-2-1-3-7-15/h1-3,6-8,10,13H,4-5,9,11-12H2,(H,21,22)/t13-/m1/s1. The Morgan fingerprint density at radius 2 is 1.92 bits per heavy atom. The van der Waals surface area contributed by atoms with Crippen molar-refractivity contribution in [2.75, 3.05) is 13.1 Å². The van der Waals surface area contributed by atoms with Crippen LogP contribution >= 0.6 is 0 Å². The smallest absolute Gasteiger partial charge is 0.308 e. The lowest BCUT2D eigenvalue weighted by atomic mass is 9.98. The van der Waals surface area contributed by atoms with Crippen molar-refractivity contribution < 1.29 is 27.5 Å². The van der Waals surface area contributed by atoms with Gasteiger partial charge < -0.3 is 14.4 Å². The van der Waals surface area contributed by atoms with Gasteiger partial charge >= 0.3 is 5.97 Å². The fraction of sp³-hybridized carbons (Fsp3) is 0.333. The molecule has 1 aromatic carbocycles. The Morgan fingerprint density at radius 3 is 2.62 bits per heavy atom.